The largest absolute Gasteiger partial charge is 0.484 e. The van der Waals surface area contributed by atoms with Crippen LogP contribution in [0.2, 0.25) is 5.15 Å². The monoisotopic (exact) mass is 462 g/mol. The van der Waals surface area contributed by atoms with Crippen LogP contribution in [0.15, 0.2) is 10.9 Å². The first-order valence-electron chi connectivity index (χ1n) is 11.1. The molecule has 2 aromatic rings. The molecule has 8 nitrogen and oxygen atoms in total. The Bertz CT molecular complexity index is 1100. The van der Waals surface area contributed by atoms with Gasteiger partial charge in [-0.1, -0.05) is 11.6 Å². The van der Waals surface area contributed by atoms with Crippen molar-refractivity contribution in [1.82, 2.24) is 19.4 Å². The van der Waals surface area contributed by atoms with Gasteiger partial charge in [-0.25, -0.2) is 4.98 Å². The van der Waals surface area contributed by atoms with E-state index in [0.29, 0.717) is 65.6 Å². The average Bonchev–Trinajstić information content (AvgIpc) is 2.72. The molecule has 2 aromatic heterocycles. The number of pyridine rings is 2. The van der Waals surface area contributed by atoms with Crippen LogP contribution in [0, 0.1) is 6.92 Å². The highest BCUT2D eigenvalue weighted by atomic mass is 35.5. The van der Waals surface area contributed by atoms with Gasteiger partial charge in [-0.2, -0.15) is 0 Å². The third-order valence-corrected chi connectivity index (χ3v) is 6.98. The molecule has 4 rings (SSSR count). The topological polar surface area (TPSA) is 76.9 Å². The number of rotatable bonds is 5. The molecule has 32 heavy (non-hydrogen) atoms. The van der Waals surface area contributed by atoms with E-state index < -0.39 is 5.60 Å². The summed E-state index contributed by atoms with van der Waals surface area (Å²) >= 11 is 6.58. The number of ether oxygens (including phenoxy) is 2. The van der Waals surface area contributed by atoms with Gasteiger partial charge in [0.15, 0.2) is 5.75 Å². The number of fused-ring (bicyclic) bond motifs is 1. The first kappa shape index (κ1) is 23.0. The molecule has 0 atom stereocenters. The Labute approximate surface area is 193 Å². The Morgan fingerprint density at radius 1 is 1.28 bits per heavy atom. The highest BCUT2D eigenvalue weighted by Crippen LogP contribution is 2.39. The lowest BCUT2D eigenvalue weighted by Gasteiger charge is -2.41. The van der Waals surface area contributed by atoms with E-state index in [9.17, 15) is 9.59 Å². The van der Waals surface area contributed by atoms with Crippen LogP contribution in [-0.4, -0.2) is 71.2 Å². The fourth-order valence-electron chi connectivity index (χ4n) is 4.90. The molecule has 0 unspecified atom stereocenters. The molecular formula is C23H31ClN4O4. The number of carbonyl (C=O) groups excluding carboxylic acids is 1. The van der Waals surface area contributed by atoms with Gasteiger partial charge in [0.05, 0.1) is 16.8 Å². The van der Waals surface area contributed by atoms with Gasteiger partial charge in [0, 0.05) is 52.1 Å². The minimum atomic E-state index is -0.768. The van der Waals surface area contributed by atoms with Gasteiger partial charge in [0.1, 0.15) is 16.9 Å². The van der Waals surface area contributed by atoms with Crippen molar-refractivity contribution in [3.63, 3.8) is 0 Å². The minimum Gasteiger partial charge on any atom is -0.484 e. The van der Waals surface area contributed by atoms with E-state index in [2.05, 4.69) is 9.88 Å². The summed E-state index contributed by atoms with van der Waals surface area (Å²) in [6, 6.07) is 1.82. The van der Waals surface area contributed by atoms with E-state index in [-0.39, 0.29) is 17.6 Å². The van der Waals surface area contributed by atoms with Crippen molar-refractivity contribution in [2.45, 2.75) is 45.3 Å². The molecule has 0 N–H and O–H groups in total. The highest BCUT2D eigenvalue weighted by molar-refractivity contribution is 6.34. The van der Waals surface area contributed by atoms with E-state index in [1.165, 1.54) is 0 Å². The first-order chi connectivity index (χ1) is 15.2. The maximum absolute atomic E-state index is 13.6. The lowest BCUT2D eigenvalue weighted by molar-refractivity contribution is -0.136. The van der Waals surface area contributed by atoms with Gasteiger partial charge in [0.2, 0.25) is 5.91 Å². The number of hydrogen-bond acceptors (Lipinski definition) is 6. The minimum absolute atomic E-state index is 0.0349. The number of likely N-dealkylation sites (N-methyl/N-ethyl adjacent to an activating group) is 1. The molecule has 4 heterocycles. The lowest BCUT2D eigenvalue weighted by atomic mass is 9.84. The fourth-order valence-corrected chi connectivity index (χ4v) is 5.17. The third kappa shape index (κ3) is 3.89. The summed E-state index contributed by atoms with van der Waals surface area (Å²) in [5, 5.41) is 1.00. The summed E-state index contributed by atoms with van der Waals surface area (Å²) in [5.41, 5.74) is 0.960. The molecular weight excluding hydrogens is 432 g/mol. The number of aromatic nitrogens is 2. The van der Waals surface area contributed by atoms with Crippen LogP contribution in [0.5, 0.6) is 5.75 Å². The van der Waals surface area contributed by atoms with E-state index >= 15 is 0 Å². The number of amides is 1. The highest BCUT2D eigenvalue weighted by Gasteiger charge is 2.40. The molecule has 0 radical (unpaired) electrons. The van der Waals surface area contributed by atoms with Crippen molar-refractivity contribution in [3.05, 3.63) is 32.8 Å². The summed E-state index contributed by atoms with van der Waals surface area (Å²) in [7, 11) is 3.78. The van der Waals surface area contributed by atoms with Crippen LogP contribution >= 0.6 is 11.6 Å². The van der Waals surface area contributed by atoms with Crippen LogP contribution in [0.25, 0.3) is 10.9 Å². The smallest absolute Gasteiger partial charge is 0.257 e. The molecule has 2 saturated heterocycles. The number of piperidine rings is 1. The Hall–Kier alpha value is -2.16. The maximum atomic E-state index is 13.6. The average molecular weight is 463 g/mol. The van der Waals surface area contributed by atoms with Crippen molar-refractivity contribution in [2.75, 3.05) is 39.8 Å². The molecule has 2 aliphatic rings. The predicted octanol–water partition coefficient (Wildman–Crippen LogP) is 2.46. The van der Waals surface area contributed by atoms with Gasteiger partial charge in [-0.05, 0) is 39.8 Å². The van der Waals surface area contributed by atoms with Gasteiger partial charge in [-0.15, -0.1) is 0 Å². The van der Waals surface area contributed by atoms with Gasteiger partial charge >= 0.3 is 0 Å². The second-order valence-electron chi connectivity index (χ2n) is 8.90. The normalized spacial score (nSPS) is 19.2. The Balaban J connectivity index is 1.84. The van der Waals surface area contributed by atoms with Crippen molar-refractivity contribution < 1.29 is 14.3 Å². The predicted molar refractivity (Wildman–Crippen MR) is 123 cm³/mol. The zero-order valence-electron chi connectivity index (χ0n) is 19.4. The molecule has 1 amide bonds. The molecule has 2 fully saturated rings. The first-order valence-corrected chi connectivity index (χ1v) is 11.5. The lowest BCUT2D eigenvalue weighted by Crippen LogP contribution is -2.51. The van der Waals surface area contributed by atoms with E-state index in [1.54, 1.807) is 23.4 Å². The molecule has 0 bridgehead atoms. The second kappa shape index (κ2) is 8.65. The van der Waals surface area contributed by atoms with E-state index in [1.807, 2.05) is 27.0 Å². The standard InChI is InChI=1S/C23H31ClN4O4/c1-6-31-23(7-9-28(10-8-23)15(3)29)18-11-17-19(27(5)22(18)30)20(14(2)25-21(17)24)32-16-12-26(4)13-16/h11,16H,6-10,12-13H2,1-5H3. The number of nitrogens with zero attached hydrogens (tertiary/aromatic N) is 4. The van der Waals surface area contributed by atoms with Crippen molar-refractivity contribution in [3.8, 4) is 5.75 Å². The molecule has 0 spiro atoms. The van der Waals surface area contributed by atoms with E-state index in [0.717, 1.165) is 13.1 Å². The van der Waals surface area contributed by atoms with Crippen LogP contribution in [-0.2, 0) is 22.2 Å². The summed E-state index contributed by atoms with van der Waals surface area (Å²) in [5.74, 6) is 0.637. The van der Waals surface area contributed by atoms with Crippen molar-refractivity contribution in [2.24, 2.45) is 7.05 Å². The van der Waals surface area contributed by atoms with Crippen LogP contribution < -0.4 is 10.3 Å². The zero-order chi connectivity index (χ0) is 23.2. The third-order valence-electron chi connectivity index (χ3n) is 6.69. The molecule has 174 valence electrons. The summed E-state index contributed by atoms with van der Waals surface area (Å²) in [6.45, 7) is 8.54. The molecule has 9 heteroatoms. The Morgan fingerprint density at radius 3 is 2.50 bits per heavy atom. The van der Waals surface area contributed by atoms with E-state index in [4.69, 9.17) is 21.1 Å². The SMILES string of the molecule is CCOC1(c2cc3c(Cl)nc(C)c(OC4CN(C)C4)c3n(C)c2=O)CCN(C(C)=O)CC1. The van der Waals surface area contributed by atoms with Gasteiger partial charge in [-0.3, -0.25) is 14.5 Å². The number of carbonyl (C=O) groups is 1. The number of likely N-dealkylation sites (tertiary alicyclic amines) is 2. The fraction of sp³-hybridized carbons (Fsp3) is 0.609. The van der Waals surface area contributed by atoms with Crippen molar-refractivity contribution in [1.29, 1.82) is 0 Å². The molecule has 0 aromatic carbocycles. The summed E-state index contributed by atoms with van der Waals surface area (Å²) in [6.07, 6.45) is 1.16. The van der Waals surface area contributed by atoms with Crippen LogP contribution in [0.4, 0.5) is 0 Å². The number of aryl methyl sites for hydroxylation is 2. The molecule has 2 aliphatic heterocycles. The Kier molecular flexibility index (Phi) is 6.22. The maximum Gasteiger partial charge on any atom is 0.257 e. The summed E-state index contributed by atoms with van der Waals surface area (Å²) in [4.78, 5) is 34.0. The zero-order valence-corrected chi connectivity index (χ0v) is 20.2. The Morgan fingerprint density at radius 2 is 1.94 bits per heavy atom. The second-order valence-corrected chi connectivity index (χ2v) is 9.25. The molecule has 0 aliphatic carbocycles. The molecule has 0 saturated carbocycles. The number of halogens is 1. The van der Waals surface area contributed by atoms with Crippen LogP contribution in [0.3, 0.4) is 0 Å². The van der Waals surface area contributed by atoms with Crippen LogP contribution in [0.1, 0.15) is 37.9 Å². The van der Waals surface area contributed by atoms with Gasteiger partial charge < -0.3 is 18.9 Å². The van der Waals surface area contributed by atoms with Crippen molar-refractivity contribution >= 4 is 28.4 Å². The summed E-state index contributed by atoms with van der Waals surface area (Å²) < 4.78 is 14.1. The quantitative estimate of drug-likeness (QED) is 0.635. The van der Waals surface area contributed by atoms with Gasteiger partial charge in [0.25, 0.3) is 5.56 Å². The number of hydrogen-bond donors (Lipinski definition) is 0.